The van der Waals surface area contributed by atoms with E-state index in [2.05, 4.69) is 15.0 Å². The van der Waals surface area contributed by atoms with Crippen LogP contribution in [0.15, 0.2) is 22.0 Å². The van der Waals surface area contributed by atoms with Crippen molar-refractivity contribution >= 4 is 17.4 Å². The second-order valence-corrected chi connectivity index (χ2v) is 8.35. The topological polar surface area (TPSA) is 71.7 Å². The largest absolute Gasteiger partial charge is 0.444 e. The summed E-state index contributed by atoms with van der Waals surface area (Å²) in [7, 11) is 0. The van der Waals surface area contributed by atoms with Gasteiger partial charge in [0.2, 0.25) is 11.7 Å². The van der Waals surface area contributed by atoms with Crippen LogP contribution in [0.2, 0.25) is 0 Å². The van der Waals surface area contributed by atoms with E-state index in [1.165, 1.54) is 0 Å². The molecule has 26 heavy (non-hydrogen) atoms. The second kappa shape index (κ2) is 8.18. The standard InChI is InChI=1S/C18H26N4O3S/c1-18(2,3)24-17(23)22-11-9-21(10-12-22)8-4-7-15-19-16(20-25-15)14-6-5-13-26-14/h5-6,13H,4,7-12H2,1-3H3. The highest BCUT2D eigenvalue weighted by Crippen LogP contribution is 2.21. The molecule has 0 spiro atoms. The minimum Gasteiger partial charge on any atom is -0.444 e. The van der Waals surface area contributed by atoms with Gasteiger partial charge in [-0.2, -0.15) is 4.98 Å². The van der Waals surface area contributed by atoms with Crippen LogP contribution in [0, 0.1) is 0 Å². The molecule has 7 nitrogen and oxygen atoms in total. The summed E-state index contributed by atoms with van der Waals surface area (Å²) in [5.41, 5.74) is -0.444. The van der Waals surface area contributed by atoms with E-state index in [0.717, 1.165) is 37.4 Å². The van der Waals surface area contributed by atoms with Gasteiger partial charge in [0.05, 0.1) is 4.88 Å². The fraction of sp³-hybridized carbons (Fsp3) is 0.611. The van der Waals surface area contributed by atoms with Gasteiger partial charge in [0, 0.05) is 32.6 Å². The molecule has 0 atom stereocenters. The molecule has 8 heteroatoms. The first kappa shape index (κ1) is 18.8. The molecule has 0 bridgehead atoms. The van der Waals surface area contributed by atoms with Gasteiger partial charge in [-0.05, 0) is 45.2 Å². The molecule has 1 aliphatic rings. The average Bonchev–Trinajstić information content (AvgIpc) is 3.25. The summed E-state index contributed by atoms with van der Waals surface area (Å²) in [5.74, 6) is 1.35. The van der Waals surface area contributed by atoms with Gasteiger partial charge in [0.25, 0.3) is 0 Å². The van der Waals surface area contributed by atoms with Gasteiger partial charge in [-0.25, -0.2) is 4.79 Å². The van der Waals surface area contributed by atoms with Crippen molar-refractivity contribution in [1.29, 1.82) is 0 Å². The zero-order valence-electron chi connectivity index (χ0n) is 15.6. The molecular weight excluding hydrogens is 352 g/mol. The summed E-state index contributed by atoms with van der Waals surface area (Å²) in [6.07, 6.45) is 1.51. The smallest absolute Gasteiger partial charge is 0.410 e. The molecule has 0 N–H and O–H groups in total. The minimum atomic E-state index is -0.444. The molecule has 0 radical (unpaired) electrons. The van der Waals surface area contributed by atoms with Crippen LogP contribution in [-0.2, 0) is 11.2 Å². The van der Waals surface area contributed by atoms with Crippen molar-refractivity contribution in [3.63, 3.8) is 0 Å². The molecular formula is C18H26N4O3S. The Hall–Kier alpha value is -1.93. The van der Waals surface area contributed by atoms with Gasteiger partial charge in [0.1, 0.15) is 5.60 Å². The molecule has 0 unspecified atom stereocenters. The van der Waals surface area contributed by atoms with Gasteiger partial charge >= 0.3 is 6.09 Å². The van der Waals surface area contributed by atoms with Crippen molar-refractivity contribution < 1.29 is 14.1 Å². The molecule has 142 valence electrons. The second-order valence-electron chi connectivity index (χ2n) is 7.40. The highest BCUT2D eigenvalue weighted by molar-refractivity contribution is 7.13. The average molecular weight is 378 g/mol. The SMILES string of the molecule is CC(C)(C)OC(=O)N1CCN(CCCc2nc(-c3cccs3)no2)CC1. The van der Waals surface area contributed by atoms with Gasteiger partial charge in [-0.3, -0.25) is 4.90 Å². The number of carbonyl (C=O) groups excluding carboxylic acids is 1. The molecule has 0 saturated carbocycles. The zero-order valence-corrected chi connectivity index (χ0v) is 16.4. The van der Waals surface area contributed by atoms with E-state index in [1.54, 1.807) is 16.2 Å². The van der Waals surface area contributed by atoms with Crippen LogP contribution in [0.25, 0.3) is 10.7 Å². The van der Waals surface area contributed by atoms with Crippen molar-refractivity contribution in [1.82, 2.24) is 19.9 Å². The number of hydrogen-bond donors (Lipinski definition) is 0. The van der Waals surface area contributed by atoms with Gasteiger partial charge in [0.15, 0.2) is 0 Å². The maximum absolute atomic E-state index is 12.1. The third kappa shape index (κ3) is 5.28. The van der Waals surface area contributed by atoms with E-state index in [9.17, 15) is 4.79 Å². The number of amides is 1. The highest BCUT2D eigenvalue weighted by atomic mass is 32.1. The molecule has 3 rings (SSSR count). The Labute approximate surface area is 157 Å². The highest BCUT2D eigenvalue weighted by Gasteiger charge is 2.25. The Morgan fingerprint density at radius 1 is 1.31 bits per heavy atom. The lowest BCUT2D eigenvalue weighted by Crippen LogP contribution is -2.50. The summed E-state index contributed by atoms with van der Waals surface area (Å²) in [6, 6.07) is 3.97. The van der Waals surface area contributed by atoms with Crippen molar-refractivity contribution in [2.24, 2.45) is 0 Å². The van der Waals surface area contributed by atoms with Crippen LogP contribution in [0.4, 0.5) is 4.79 Å². The van der Waals surface area contributed by atoms with Crippen LogP contribution >= 0.6 is 11.3 Å². The van der Waals surface area contributed by atoms with Crippen molar-refractivity contribution in [3.8, 4) is 10.7 Å². The number of thiophene rings is 1. The number of piperazine rings is 1. The summed E-state index contributed by atoms with van der Waals surface area (Å²) in [4.78, 5) is 21.7. The van der Waals surface area contributed by atoms with E-state index >= 15 is 0 Å². The Bertz CT molecular complexity index is 700. The van der Waals surface area contributed by atoms with Crippen LogP contribution < -0.4 is 0 Å². The molecule has 1 fully saturated rings. The molecule has 2 aromatic rings. The Morgan fingerprint density at radius 2 is 2.08 bits per heavy atom. The lowest BCUT2D eigenvalue weighted by Gasteiger charge is -2.35. The lowest BCUT2D eigenvalue weighted by atomic mass is 10.2. The monoisotopic (exact) mass is 378 g/mol. The summed E-state index contributed by atoms with van der Waals surface area (Å²) >= 11 is 1.61. The number of aromatic nitrogens is 2. The number of rotatable bonds is 5. The lowest BCUT2D eigenvalue weighted by molar-refractivity contribution is 0.0144. The van der Waals surface area contributed by atoms with Gasteiger partial charge in [-0.1, -0.05) is 11.2 Å². The van der Waals surface area contributed by atoms with Crippen molar-refractivity contribution in [2.75, 3.05) is 32.7 Å². The summed E-state index contributed by atoms with van der Waals surface area (Å²) in [5, 5.41) is 6.04. The van der Waals surface area contributed by atoms with Crippen LogP contribution in [0.5, 0.6) is 0 Å². The third-order valence-electron chi connectivity index (χ3n) is 4.10. The molecule has 2 aromatic heterocycles. The first-order chi connectivity index (χ1) is 12.4. The third-order valence-corrected chi connectivity index (χ3v) is 4.96. The quantitative estimate of drug-likeness (QED) is 0.795. The first-order valence-electron chi connectivity index (χ1n) is 8.97. The molecule has 0 aliphatic carbocycles. The van der Waals surface area contributed by atoms with Crippen LogP contribution in [0.1, 0.15) is 33.1 Å². The molecule has 1 amide bonds. The van der Waals surface area contributed by atoms with E-state index in [4.69, 9.17) is 9.26 Å². The Morgan fingerprint density at radius 3 is 2.73 bits per heavy atom. The number of hydrogen-bond acceptors (Lipinski definition) is 7. The van der Waals surface area contributed by atoms with E-state index < -0.39 is 5.60 Å². The van der Waals surface area contributed by atoms with Gasteiger partial charge in [-0.15, -0.1) is 11.3 Å². The van der Waals surface area contributed by atoms with E-state index in [0.29, 0.717) is 24.8 Å². The molecule has 1 aliphatic heterocycles. The number of ether oxygens (including phenoxy) is 1. The van der Waals surface area contributed by atoms with Crippen molar-refractivity contribution in [3.05, 3.63) is 23.4 Å². The van der Waals surface area contributed by atoms with Crippen molar-refractivity contribution in [2.45, 2.75) is 39.2 Å². The summed E-state index contributed by atoms with van der Waals surface area (Å²) in [6.45, 7) is 9.77. The maximum atomic E-state index is 12.1. The molecule has 3 heterocycles. The maximum Gasteiger partial charge on any atom is 0.410 e. The minimum absolute atomic E-state index is 0.218. The predicted octanol–water partition coefficient (Wildman–Crippen LogP) is 3.28. The van der Waals surface area contributed by atoms with Gasteiger partial charge < -0.3 is 14.2 Å². The molecule has 1 saturated heterocycles. The fourth-order valence-corrected chi connectivity index (χ4v) is 3.45. The van der Waals surface area contributed by atoms with Crippen LogP contribution in [-0.4, -0.2) is 64.4 Å². The zero-order chi connectivity index (χ0) is 18.6. The Balaban J connectivity index is 1.37. The molecule has 0 aromatic carbocycles. The van der Waals surface area contributed by atoms with Crippen LogP contribution in [0.3, 0.4) is 0 Å². The van der Waals surface area contributed by atoms with E-state index in [-0.39, 0.29) is 6.09 Å². The predicted molar refractivity (Wildman–Crippen MR) is 100 cm³/mol. The number of carbonyl (C=O) groups is 1. The number of nitrogens with zero attached hydrogens (tertiary/aromatic N) is 4. The van der Waals surface area contributed by atoms with E-state index in [1.807, 2.05) is 38.3 Å². The number of aryl methyl sites for hydroxylation is 1. The fourth-order valence-electron chi connectivity index (χ4n) is 2.80. The Kier molecular flexibility index (Phi) is 5.93. The first-order valence-corrected chi connectivity index (χ1v) is 9.85. The normalized spacial score (nSPS) is 16.0. The summed E-state index contributed by atoms with van der Waals surface area (Å²) < 4.78 is 10.8.